The average Bonchev–Trinajstić information content (AvgIpc) is 3.21. The lowest BCUT2D eigenvalue weighted by atomic mass is 10.2. The Hall–Kier alpha value is -1.31. The van der Waals surface area contributed by atoms with Crippen LogP contribution in [0.3, 0.4) is 0 Å². The SMILES string of the molecule is CC(Nc1cccc(I)c1)C(=O)N(C)CC(=O)NC1CC1. The van der Waals surface area contributed by atoms with Crippen LogP contribution in [0.25, 0.3) is 0 Å². The van der Waals surface area contributed by atoms with Crippen LogP contribution >= 0.6 is 22.6 Å². The smallest absolute Gasteiger partial charge is 0.244 e. The zero-order chi connectivity index (χ0) is 15.4. The van der Waals surface area contributed by atoms with Crippen molar-refractivity contribution < 1.29 is 9.59 Å². The number of nitrogens with one attached hydrogen (secondary N) is 2. The molecule has 0 spiro atoms. The Labute approximate surface area is 138 Å². The second-order valence-electron chi connectivity index (χ2n) is 5.41. The first kappa shape index (κ1) is 16.1. The van der Waals surface area contributed by atoms with E-state index in [4.69, 9.17) is 0 Å². The monoisotopic (exact) mass is 401 g/mol. The number of amides is 2. The molecule has 1 saturated carbocycles. The van der Waals surface area contributed by atoms with Crippen LogP contribution in [-0.2, 0) is 9.59 Å². The fraction of sp³-hybridized carbons (Fsp3) is 0.467. The Morgan fingerprint density at radius 3 is 2.76 bits per heavy atom. The minimum atomic E-state index is -0.373. The van der Waals surface area contributed by atoms with Crippen LogP contribution < -0.4 is 10.6 Å². The van der Waals surface area contributed by atoms with Crippen molar-refractivity contribution in [2.75, 3.05) is 18.9 Å². The highest BCUT2D eigenvalue weighted by molar-refractivity contribution is 14.1. The predicted molar refractivity (Wildman–Crippen MR) is 91.0 cm³/mol. The Balaban J connectivity index is 1.84. The quantitative estimate of drug-likeness (QED) is 0.716. The van der Waals surface area contributed by atoms with E-state index in [2.05, 4.69) is 33.2 Å². The first-order valence-corrected chi connectivity index (χ1v) is 8.10. The summed E-state index contributed by atoms with van der Waals surface area (Å²) in [5.74, 6) is -0.186. The summed E-state index contributed by atoms with van der Waals surface area (Å²) in [6, 6.07) is 7.78. The molecule has 1 aliphatic rings. The maximum atomic E-state index is 12.3. The molecule has 0 saturated heterocycles. The summed E-state index contributed by atoms with van der Waals surface area (Å²) in [6.07, 6.45) is 2.10. The van der Waals surface area contributed by atoms with E-state index in [9.17, 15) is 9.59 Å². The highest BCUT2D eigenvalue weighted by atomic mass is 127. The third-order valence-electron chi connectivity index (χ3n) is 3.28. The van der Waals surface area contributed by atoms with Gasteiger partial charge in [0.1, 0.15) is 6.04 Å². The summed E-state index contributed by atoms with van der Waals surface area (Å²) in [4.78, 5) is 25.4. The summed E-state index contributed by atoms with van der Waals surface area (Å²) >= 11 is 2.23. The Bertz CT molecular complexity index is 531. The fourth-order valence-electron chi connectivity index (χ4n) is 2.01. The van der Waals surface area contributed by atoms with E-state index in [1.807, 2.05) is 24.3 Å². The number of nitrogens with zero attached hydrogens (tertiary/aromatic N) is 1. The summed E-state index contributed by atoms with van der Waals surface area (Å²) < 4.78 is 1.11. The van der Waals surface area contributed by atoms with Crippen molar-refractivity contribution in [2.24, 2.45) is 0 Å². The predicted octanol–water partition coefficient (Wildman–Crippen LogP) is 1.83. The molecule has 1 aromatic rings. The first-order valence-electron chi connectivity index (χ1n) is 7.02. The summed E-state index contributed by atoms with van der Waals surface area (Å²) in [7, 11) is 1.65. The maximum absolute atomic E-state index is 12.3. The van der Waals surface area contributed by atoms with Crippen LogP contribution in [0.15, 0.2) is 24.3 Å². The lowest BCUT2D eigenvalue weighted by molar-refractivity contribution is -0.135. The summed E-state index contributed by atoms with van der Waals surface area (Å²) in [5.41, 5.74) is 0.901. The van der Waals surface area contributed by atoms with Crippen molar-refractivity contribution in [3.63, 3.8) is 0 Å². The third kappa shape index (κ3) is 5.18. The van der Waals surface area contributed by atoms with Crippen LogP contribution in [0.1, 0.15) is 19.8 Å². The molecular weight excluding hydrogens is 381 g/mol. The number of anilines is 1. The molecule has 2 amide bonds. The molecule has 0 aliphatic heterocycles. The number of hydrogen-bond acceptors (Lipinski definition) is 3. The standard InChI is InChI=1S/C15H20IN3O2/c1-10(17-13-5-3-4-11(16)8-13)15(21)19(2)9-14(20)18-12-6-7-12/h3-5,8,10,12,17H,6-7,9H2,1-2H3,(H,18,20). The molecule has 6 heteroatoms. The van der Waals surface area contributed by atoms with Crippen molar-refractivity contribution in [3.8, 4) is 0 Å². The number of likely N-dealkylation sites (N-methyl/N-ethyl adjacent to an activating group) is 1. The summed E-state index contributed by atoms with van der Waals surface area (Å²) in [6.45, 7) is 1.91. The van der Waals surface area contributed by atoms with Gasteiger partial charge >= 0.3 is 0 Å². The summed E-state index contributed by atoms with van der Waals surface area (Å²) in [5, 5.41) is 6.04. The number of carbonyl (C=O) groups excluding carboxylic acids is 2. The van der Waals surface area contributed by atoms with Crippen molar-refractivity contribution in [2.45, 2.75) is 31.8 Å². The molecule has 2 N–H and O–H groups in total. The van der Waals surface area contributed by atoms with Crippen molar-refractivity contribution in [3.05, 3.63) is 27.8 Å². The van der Waals surface area contributed by atoms with Gasteiger partial charge in [-0.1, -0.05) is 6.07 Å². The molecule has 0 radical (unpaired) electrons. The molecule has 0 heterocycles. The molecule has 21 heavy (non-hydrogen) atoms. The molecule has 2 rings (SSSR count). The minimum Gasteiger partial charge on any atom is -0.374 e. The average molecular weight is 401 g/mol. The first-order chi connectivity index (χ1) is 9.95. The zero-order valence-electron chi connectivity index (χ0n) is 12.2. The third-order valence-corrected chi connectivity index (χ3v) is 3.95. The van der Waals surface area contributed by atoms with E-state index in [1.165, 1.54) is 4.90 Å². The molecule has 1 atom stereocenters. The van der Waals surface area contributed by atoms with Gasteiger partial charge in [-0.3, -0.25) is 9.59 Å². The maximum Gasteiger partial charge on any atom is 0.244 e. The van der Waals surface area contributed by atoms with Crippen LogP contribution in [0, 0.1) is 3.57 Å². The van der Waals surface area contributed by atoms with Crippen LogP contribution in [-0.4, -0.2) is 42.4 Å². The van der Waals surface area contributed by atoms with Gasteiger partial charge in [0.05, 0.1) is 6.54 Å². The second-order valence-corrected chi connectivity index (χ2v) is 6.66. The van der Waals surface area contributed by atoms with Crippen molar-refractivity contribution >= 4 is 40.1 Å². The largest absolute Gasteiger partial charge is 0.374 e. The van der Waals surface area contributed by atoms with Gasteiger partial charge in [-0.15, -0.1) is 0 Å². The van der Waals surface area contributed by atoms with Gasteiger partial charge in [0.15, 0.2) is 0 Å². The van der Waals surface area contributed by atoms with Crippen molar-refractivity contribution in [1.29, 1.82) is 0 Å². The van der Waals surface area contributed by atoms with Gasteiger partial charge in [0, 0.05) is 22.3 Å². The van der Waals surface area contributed by atoms with E-state index < -0.39 is 0 Å². The van der Waals surface area contributed by atoms with Crippen LogP contribution in [0.5, 0.6) is 0 Å². The number of rotatable bonds is 6. The van der Waals surface area contributed by atoms with Gasteiger partial charge in [-0.05, 0) is 60.6 Å². The Morgan fingerprint density at radius 1 is 1.43 bits per heavy atom. The molecule has 0 bridgehead atoms. The normalized spacial score (nSPS) is 15.2. The molecule has 0 aromatic heterocycles. The van der Waals surface area contributed by atoms with Gasteiger partial charge in [-0.2, -0.15) is 0 Å². The Morgan fingerprint density at radius 2 is 2.14 bits per heavy atom. The fourth-order valence-corrected chi connectivity index (χ4v) is 2.56. The van der Waals surface area contributed by atoms with E-state index in [-0.39, 0.29) is 24.4 Å². The highest BCUT2D eigenvalue weighted by Gasteiger charge is 2.25. The molecular formula is C15H20IN3O2. The molecule has 114 valence electrons. The number of carbonyl (C=O) groups is 2. The van der Waals surface area contributed by atoms with E-state index in [1.54, 1.807) is 14.0 Å². The van der Waals surface area contributed by atoms with Gasteiger partial charge in [0.25, 0.3) is 0 Å². The topological polar surface area (TPSA) is 61.4 Å². The van der Waals surface area contributed by atoms with E-state index in [0.717, 1.165) is 22.1 Å². The van der Waals surface area contributed by atoms with Crippen molar-refractivity contribution in [1.82, 2.24) is 10.2 Å². The van der Waals surface area contributed by atoms with Gasteiger partial charge in [0.2, 0.25) is 11.8 Å². The number of halogens is 1. The number of hydrogen-bond donors (Lipinski definition) is 2. The van der Waals surface area contributed by atoms with Gasteiger partial charge < -0.3 is 15.5 Å². The zero-order valence-corrected chi connectivity index (χ0v) is 14.4. The van der Waals surface area contributed by atoms with E-state index >= 15 is 0 Å². The molecule has 5 nitrogen and oxygen atoms in total. The van der Waals surface area contributed by atoms with Crippen LogP contribution in [0.2, 0.25) is 0 Å². The van der Waals surface area contributed by atoms with Crippen LogP contribution in [0.4, 0.5) is 5.69 Å². The molecule has 1 unspecified atom stereocenters. The second kappa shape index (κ2) is 7.11. The lowest BCUT2D eigenvalue weighted by Crippen LogP contribution is -2.44. The lowest BCUT2D eigenvalue weighted by Gasteiger charge is -2.22. The molecule has 1 fully saturated rings. The molecule has 1 aliphatic carbocycles. The Kier molecular flexibility index (Phi) is 5.44. The highest BCUT2D eigenvalue weighted by Crippen LogP contribution is 2.18. The molecule has 1 aromatic carbocycles. The van der Waals surface area contributed by atoms with E-state index in [0.29, 0.717) is 6.04 Å². The van der Waals surface area contributed by atoms with Gasteiger partial charge in [-0.25, -0.2) is 0 Å². The number of benzene rings is 1. The minimum absolute atomic E-state index is 0.0881.